The second kappa shape index (κ2) is 7.84. The molecule has 5 rings (SSSR count). The van der Waals surface area contributed by atoms with Crippen molar-refractivity contribution in [3.8, 4) is 33.4 Å². The van der Waals surface area contributed by atoms with E-state index in [0.29, 0.717) is 0 Å². The molecule has 0 aliphatic heterocycles. The Morgan fingerprint density at radius 3 is 1.18 bits per heavy atom. The highest BCUT2D eigenvalue weighted by Gasteiger charge is 2.37. The van der Waals surface area contributed by atoms with Crippen LogP contribution in [0.15, 0.2) is 60.7 Å². The van der Waals surface area contributed by atoms with Gasteiger partial charge in [-0.05, 0) is 127 Å². The van der Waals surface area contributed by atoms with Crippen molar-refractivity contribution in [1.29, 1.82) is 0 Å². The molecule has 1 heteroatoms. The summed E-state index contributed by atoms with van der Waals surface area (Å²) in [4.78, 5) is 0. The van der Waals surface area contributed by atoms with Gasteiger partial charge in [0.15, 0.2) is 0 Å². The Morgan fingerprint density at radius 2 is 0.848 bits per heavy atom. The molecule has 0 unspecified atom stereocenters. The molecule has 0 nitrogen and oxygen atoms in total. The second-order valence-electron chi connectivity index (χ2n) is 10.1. The highest BCUT2D eigenvalue weighted by molar-refractivity contribution is 14.1. The monoisotopic (exact) mass is 542 g/mol. The molecule has 4 aromatic rings. The van der Waals surface area contributed by atoms with Crippen molar-refractivity contribution in [2.45, 2.75) is 51.9 Å². The van der Waals surface area contributed by atoms with E-state index in [1.54, 1.807) is 0 Å². The third-order valence-corrected chi connectivity index (χ3v) is 8.43. The maximum absolute atomic E-state index is 2.67. The predicted octanol–water partition coefficient (Wildman–Crippen LogP) is 9.55. The Bertz CT molecular complexity index is 1280. The zero-order chi connectivity index (χ0) is 23.7. The molecule has 0 heterocycles. The number of hydrogen-bond donors (Lipinski definition) is 0. The van der Waals surface area contributed by atoms with Gasteiger partial charge in [0, 0.05) is 0 Å². The van der Waals surface area contributed by atoms with Gasteiger partial charge in [-0.15, -0.1) is 0 Å². The molecular weight excluding hydrogens is 511 g/mol. The Morgan fingerprint density at radius 1 is 0.515 bits per heavy atom. The zero-order valence-corrected chi connectivity index (χ0v) is 22.8. The van der Waals surface area contributed by atoms with Gasteiger partial charge in [-0.1, -0.05) is 82.2 Å². The maximum Gasteiger partial charge on any atom is 0.0703 e. The van der Waals surface area contributed by atoms with Gasteiger partial charge >= 0.3 is 0 Å². The first-order valence-corrected chi connectivity index (χ1v) is 12.8. The lowest BCUT2D eigenvalue weighted by atomic mass is 9.89. The number of rotatable bonds is 2. The molecule has 1 aliphatic carbocycles. The van der Waals surface area contributed by atoms with Gasteiger partial charge in [0.05, 0.1) is 3.42 Å². The third-order valence-electron chi connectivity index (χ3n) is 7.27. The maximum atomic E-state index is 2.67. The average molecular weight is 543 g/mol. The Balaban J connectivity index is 1.66. The van der Waals surface area contributed by atoms with Crippen LogP contribution in [0, 0.1) is 41.5 Å². The molecule has 0 atom stereocenters. The summed E-state index contributed by atoms with van der Waals surface area (Å²) in [5.41, 5.74) is 19.0. The SMILES string of the molecule is Cc1cc(C)c(-c2ccc3c(c2)C(C)(I)c2cc(-c4c(C)cc(C)cc4C)ccc2-3)c(C)c1. The fourth-order valence-electron chi connectivity index (χ4n) is 6.06. The lowest BCUT2D eigenvalue weighted by Crippen LogP contribution is -2.11. The first-order valence-electron chi connectivity index (χ1n) is 11.7. The first-order chi connectivity index (χ1) is 15.6. The number of alkyl halides is 1. The minimum absolute atomic E-state index is 0.0620. The van der Waals surface area contributed by atoms with Crippen molar-refractivity contribution in [2.75, 3.05) is 0 Å². The molecule has 0 saturated heterocycles. The van der Waals surface area contributed by atoms with Crippen LogP contribution in [0.1, 0.15) is 51.4 Å². The summed E-state index contributed by atoms with van der Waals surface area (Å²) < 4.78 is -0.0620. The minimum Gasteiger partial charge on any atom is -0.0686 e. The number of benzene rings is 4. The van der Waals surface area contributed by atoms with Crippen molar-refractivity contribution in [1.82, 2.24) is 0 Å². The largest absolute Gasteiger partial charge is 0.0703 e. The van der Waals surface area contributed by atoms with E-state index in [2.05, 4.69) is 132 Å². The third kappa shape index (κ3) is 3.56. The summed E-state index contributed by atoms with van der Waals surface area (Å²) in [7, 11) is 0. The van der Waals surface area contributed by atoms with Crippen molar-refractivity contribution < 1.29 is 0 Å². The van der Waals surface area contributed by atoms with Crippen LogP contribution in [0.3, 0.4) is 0 Å². The first kappa shape index (κ1) is 22.4. The van der Waals surface area contributed by atoms with E-state index in [4.69, 9.17) is 0 Å². The van der Waals surface area contributed by atoms with Gasteiger partial charge in [0.25, 0.3) is 0 Å². The van der Waals surface area contributed by atoms with Crippen LogP contribution < -0.4 is 0 Å². The van der Waals surface area contributed by atoms with Crippen molar-refractivity contribution in [3.63, 3.8) is 0 Å². The second-order valence-corrected chi connectivity index (χ2v) is 12.2. The van der Waals surface area contributed by atoms with Crippen LogP contribution in [0.25, 0.3) is 33.4 Å². The molecule has 0 saturated carbocycles. The summed E-state index contributed by atoms with van der Waals surface area (Å²) in [5, 5.41) is 0. The molecule has 0 amide bonds. The normalized spacial score (nSPS) is 13.7. The van der Waals surface area contributed by atoms with Gasteiger partial charge in [-0.2, -0.15) is 0 Å². The van der Waals surface area contributed by atoms with Crippen molar-refractivity contribution in [2.24, 2.45) is 0 Å². The molecule has 0 fully saturated rings. The van der Waals surface area contributed by atoms with E-state index in [1.807, 2.05) is 0 Å². The van der Waals surface area contributed by atoms with Gasteiger partial charge in [-0.3, -0.25) is 0 Å². The van der Waals surface area contributed by atoms with Crippen LogP contribution in [-0.2, 0) is 3.42 Å². The molecule has 33 heavy (non-hydrogen) atoms. The lowest BCUT2D eigenvalue weighted by Gasteiger charge is -2.22. The molecule has 4 aromatic carbocycles. The molecular formula is C32H31I. The van der Waals surface area contributed by atoms with E-state index in [0.717, 1.165) is 0 Å². The van der Waals surface area contributed by atoms with E-state index >= 15 is 0 Å². The Hall–Kier alpha value is -2.39. The van der Waals surface area contributed by atoms with Crippen molar-refractivity contribution in [3.05, 3.63) is 105 Å². The van der Waals surface area contributed by atoms with Crippen LogP contribution in [0.5, 0.6) is 0 Å². The summed E-state index contributed by atoms with van der Waals surface area (Å²) >= 11 is 2.67. The molecule has 0 spiro atoms. The van der Waals surface area contributed by atoms with Crippen LogP contribution >= 0.6 is 22.6 Å². The molecule has 0 N–H and O–H groups in total. The van der Waals surface area contributed by atoms with Crippen molar-refractivity contribution >= 4 is 22.6 Å². The average Bonchev–Trinajstić information content (AvgIpc) is 2.93. The quantitative estimate of drug-likeness (QED) is 0.175. The minimum atomic E-state index is -0.0620. The van der Waals surface area contributed by atoms with Crippen LogP contribution in [0.2, 0.25) is 0 Å². The summed E-state index contributed by atoms with van der Waals surface area (Å²) in [6, 6.07) is 23.4. The number of hydrogen-bond acceptors (Lipinski definition) is 0. The highest BCUT2D eigenvalue weighted by atomic mass is 127. The fourth-order valence-corrected chi connectivity index (χ4v) is 6.95. The standard InChI is InChI=1S/C32H31I/c1-18-12-20(3)30(21(4)13-18)24-8-10-26-27-11-9-25(17-29(27)32(7,33)28(26)16-24)31-22(5)14-19(2)15-23(31)6/h8-17H,1-7H3. The van der Waals surface area contributed by atoms with Crippen LogP contribution in [-0.4, -0.2) is 0 Å². The summed E-state index contributed by atoms with van der Waals surface area (Å²) in [6.45, 7) is 15.7. The Labute approximate surface area is 212 Å². The van der Waals surface area contributed by atoms with Crippen LogP contribution in [0.4, 0.5) is 0 Å². The Kier molecular flexibility index (Phi) is 5.32. The molecule has 0 aromatic heterocycles. The number of fused-ring (bicyclic) bond motifs is 3. The molecule has 166 valence electrons. The summed E-state index contributed by atoms with van der Waals surface area (Å²) in [5.74, 6) is 0. The highest BCUT2D eigenvalue weighted by Crippen LogP contribution is 2.54. The fraction of sp³-hybridized carbons (Fsp3) is 0.250. The zero-order valence-electron chi connectivity index (χ0n) is 20.7. The number of halogens is 1. The lowest BCUT2D eigenvalue weighted by molar-refractivity contribution is 0.916. The van der Waals surface area contributed by atoms with Gasteiger partial charge in [0.1, 0.15) is 0 Å². The molecule has 1 aliphatic rings. The predicted molar refractivity (Wildman–Crippen MR) is 152 cm³/mol. The molecule has 0 bridgehead atoms. The van der Waals surface area contributed by atoms with Gasteiger partial charge < -0.3 is 0 Å². The van der Waals surface area contributed by atoms with E-state index < -0.39 is 0 Å². The number of aryl methyl sites for hydroxylation is 6. The summed E-state index contributed by atoms with van der Waals surface area (Å²) in [6.07, 6.45) is 0. The van der Waals surface area contributed by atoms with E-state index in [1.165, 1.54) is 77.9 Å². The smallest absolute Gasteiger partial charge is 0.0686 e. The van der Waals surface area contributed by atoms with Gasteiger partial charge in [-0.25, -0.2) is 0 Å². The topological polar surface area (TPSA) is 0 Å². The van der Waals surface area contributed by atoms with E-state index in [9.17, 15) is 0 Å². The molecule has 0 radical (unpaired) electrons. The van der Waals surface area contributed by atoms with E-state index in [-0.39, 0.29) is 3.42 Å². The van der Waals surface area contributed by atoms with Gasteiger partial charge in [0.2, 0.25) is 0 Å².